The van der Waals surface area contributed by atoms with Crippen LogP contribution in [-0.4, -0.2) is 32.9 Å². The van der Waals surface area contributed by atoms with E-state index in [1.54, 1.807) is 31.4 Å². The Morgan fingerprint density at radius 3 is 2.75 bits per heavy atom. The van der Waals surface area contributed by atoms with Crippen molar-refractivity contribution in [2.75, 3.05) is 20.8 Å². The molecule has 0 aliphatic rings. The smallest absolute Gasteiger partial charge is 0.337 e. The quantitative estimate of drug-likeness (QED) is 0.716. The highest BCUT2D eigenvalue weighted by molar-refractivity contribution is 5.89. The Kier molecular flexibility index (Phi) is 4.79. The Morgan fingerprint density at radius 1 is 1.38 bits per heavy atom. The topological polar surface area (TPSA) is 44.8 Å². The van der Waals surface area contributed by atoms with E-state index in [9.17, 15) is 4.79 Å². The summed E-state index contributed by atoms with van der Waals surface area (Å²) in [5, 5.41) is 0. The maximum atomic E-state index is 11.3. The van der Waals surface area contributed by atoms with Gasteiger partial charge in [0.25, 0.3) is 0 Å². The molecule has 1 aromatic rings. The minimum atomic E-state index is -0.371. The molecule has 0 N–H and O–H groups in total. The maximum Gasteiger partial charge on any atom is 0.337 e. The predicted octanol–water partition coefficient (Wildman–Crippen LogP) is 1.89. The lowest BCUT2D eigenvalue weighted by molar-refractivity contribution is 0.0599. The van der Waals surface area contributed by atoms with Crippen LogP contribution in [0.3, 0.4) is 0 Å². The third-order valence-corrected chi connectivity index (χ3v) is 1.99. The van der Waals surface area contributed by atoms with Crippen molar-refractivity contribution in [3.05, 3.63) is 29.8 Å². The minimum Gasteiger partial charge on any atom is -0.488 e. The average Bonchev–Trinajstić information content (AvgIpc) is 2.28. The Labute approximate surface area is 95.1 Å². The fraction of sp³-hybridized carbons (Fsp3) is 0.417. The average molecular weight is 224 g/mol. The molecule has 1 rings (SSSR count). The van der Waals surface area contributed by atoms with Gasteiger partial charge in [-0.05, 0) is 25.1 Å². The Balaban J connectivity index is 2.70. The van der Waals surface area contributed by atoms with Gasteiger partial charge in [-0.3, -0.25) is 0 Å². The highest BCUT2D eigenvalue weighted by Crippen LogP contribution is 2.15. The molecule has 88 valence electrons. The molecule has 1 aromatic carbocycles. The van der Waals surface area contributed by atoms with Crippen LogP contribution in [0.25, 0.3) is 0 Å². The van der Waals surface area contributed by atoms with Crippen molar-refractivity contribution in [3.8, 4) is 5.75 Å². The lowest BCUT2D eigenvalue weighted by Crippen LogP contribution is -2.18. The molecule has 16 heavy (non-hydrogen) atoms. The van der Waals surface area contributed by atoms with E-state index < -0.39 is 0 Å². The highest BCUT2D eigenvalue weighted by Gasteiger charge is 2.08. The van der Waals surface area contributed by atoms with Crippen molar-refractivity contribution in [1.29, 1.82) is 0 Å². The molecule has 0 amide bonds. The van der Waals surface area contributed by atoms with Crippen LogP contribution in [0.2, 0.25) is 0 Å². The van der Waals surface area contributed by atoms with Gasteiger partial charge in [-0.1, -0.05) is 6.07 Å². The second-order valence-corrected chi connectivity index (χ2v) is 3.40. The van der Waals surface area contributed by atoms with Gasteiger partial charge in [0, 0.05) is 7.11 Å². The molecule has 4 nitrogen and oxygen atoms in total. The Morgan fingerprint density at radius 2 is 2.12 bits per heavy atom. The van der Waals surface area contributed by atoms with Gasteiger partial charge < -0.3 is 14.2 Å². The lowest BCUT2D eigenvalue weighted by atomic mass is 10.2. The summed E-state index contributed by atoms with van der Waals surface area (Å²) in [4.78, 5) is 11.3. The zero-order valence-corrected chi connectivity index (χ0v) is 9.73. The largest absolute Gasteiger partial charge is 0.488 e. The molecule has 0 heterocycles. The summed E-state index contributed by atoms with van der Waals surface area (Å²) in [5.74, 6) is 0.261. The van der Waals surface area contributed by atoms with Gasteiger partial charge in [0.1, 0.15) is 11.9 Å². The van der Waals surface area contributed by atoms with Crippen LogP contribution >= 0.6 is 0 Å². The molecule has 0 fully saturated rings. The summed E-state index contributed by atoms with van der Waals surface area (Å²) in [6.45, 7) is 2.40. The van der Waals surface area contributed by atoms with E-state index in [2.05, 4.69) is 4.74 Å². The molecule has 0 unspecified atom stereocenters. The number of hydrogen-bond acceptors (Lipinski definition) is 4. The van der Waals surface area contributed by atoms with Crippen molar-refractivity contribution >= 4 is 5.97 Å². The van der Waals surface area contributed by atoms with Gasteiger partial charge in [-0.25, -0.2) is 4.79 Å². The molecule has 0 aliphatic heterocycles. The molecular weight excluding hydrogens is 208 g/mol. The Hall–Kier alpha value is -1.55. The van der Waals surface area contributed by atoms with Crippen molar-refractivity contribution in [2.24, 2.45) is 0 Å². The molecule has 0 radical (unpaired) electrons. The SMILES string of the molecule is COC[C@H](C)Oc1cccc(C(=O)OC)c1. The van der Waals surface area contributed by atoms with Gasteiger partial charge in [0.05, 0.1) is 19.3 Å². The number of esters is 1. The van der Waals surface area contributed by atoms with Gasteiger partial charge in [0.2, 0.25) is 0 Å². The first-order valence-corrected chi connectivity index (χ1v) is 5.01. The molecular formula is C12H16O4. The molecule has 0 aliphatic carbocycles. The molecule has 0 bridgehead atoms. The first-order chi connectivity index (χ1) is 7.67. The standard InChI is InChI=1S/C12H16O4/c1-9(8-14-2)16-11-6-4-5-10(7-11)12(13)15-3/h4-7,9H,8H2,1-3H3/t9-/m0/s1. The number of rotatable bonds is 5. The molecule has 4 heteroatoms. The molecule has 0 saturated heterocycles. The van der Waals surface area contributed by atoms with Crippen LogP contribution in [0, 0.1) is 0 Å². The minimum absolute atomic E-state index is 0.0575. The number of hydrogen-bond donors (Lipinski definition) is 0. The molecule has 1 atom stereocenters. The van der Waals surface area contributed by atoms with Crippen LogP contribution in [0.15, 0.2) is 24.3 Å². The summed E-state index contributed by atoms with van der Waals surface area (Å²) >= 11 is 0. The Bertz CT molecular complexity index is 349. The number of carbonyl (C=O) groups excluding carboxylic acids is 1. The van der Waals surface area contributed by atoms with Crippen LogP contribution < -0.4 is 4.74 Å². The highest BCUT2D eigenvalue weighted by atomic mass is 16.5. The zero-order valence-electron chi connectivity index (χ0n) is 9.73. The molecule has 0 aromatic heterocycles. The van der Waals surface area contributed by atoms with Crippen molar-refractivity contribution in [2.45, 2.75) is 13.0 Å². The fourth-order valence-electron chi connectivity index (χ4n) is 1.32. The monoisotopic (exact) mass is 224 g/mol. The van der Waals surface area contributed by atoms with E-state index in [1.807, 2.05) is 6.92 Å². The third kappa shape index (κ3) is 3.55. The fourth-order valence-corrected chi connectivity index (χ4v) is 1.32. The number of ether oxygens (including phenoxy) is 3. The van der Waals surface area contributed by atoms with E-state index in [0.29, 0.717) is 17.9 Å². The predicted molar refractivity (Wildman–Crippen MR) is 59.7 cm³/mol. The van der Waals surface area contributed by atoms with E-state index in [4.69, 9.17) is 9.47 Å². The second-order valence-electron chi connectivity index (χ2n) is 3.40. The van der Waals surface area contributed by atoms with Crippen molar-refractivity contribution < 1.29 is 19.0 Å². The van der Waals surface area contributed by atoms with Crippen LogP contribution in [-0.2, 0) is 9.47 Å². The first kappa shape index (κ1) is 12.5. The van der Waals surface area contributed by atoms with Gasteiger partial charge in [-0.2, -0.15) is 0 Å². The normalized spacial score (nSPS) is 11.9. The van der Waals surface area contributed by atoms with Crippen LogP contribution in [0.5, 0.6) is 5.75 Å². The second kappa shape index (κ2) is 6.12. The molecule has 0 spiro atoms. The van der Waals surface area contributed by atoms with E-state index in [-0.39, 0.29) is 12.1 Å². The number of benzene rings is 1. The first-order valence-electron chi connectivity index (χ1n) is 5.01. The number of methoxy groups -OCH3 is 2. The van der Waals surface area contributed by atoms with Crippen LogP contribution in [0.4, 0.5) is 0 Å². The van der Waals surface area contributed by atoms with Gasteiger partial charge in [0.15, 0.2) is 0 Å². The number of carbonyl (C=O) groups is 1. The summed E-state index contributed by atoms with van der Waals surface area (Å²) in [7, 11) is 2.97. The molecule has 0 saturated carbocycles. The van der Waals surface area contributed by atoms with Gasteiger partial charge in [-0.15, -0.1) is 0 Å². The maximum absolute atomic E-state index is 11.3. The summed E-state index contributed by atoms with van der Waals surface area (Å²) in [5.41, 5.74) is 0.476. The summed E-state index contributed by atoms with van der Waals surface area (Å²) < 4.78 is 15.1. The van der Waals surface area contributed by atoms with E-state index >= 15 is 0 Å². The van der Waals surface area contributed by atoms with Crippen molar-refractivity contribution in [3.63, 3.8) is 0 Å². The summed E-state index contributed by atoms with van der Waals surface area (Å²) in [6.07, 6.45) is -0.0575. The zero-order chi connectivity index (χ0) is 12.0. The van der Waals surface area contributed by atoms with E-state index in [0.717, 1.165) is 0 Å². The summed E-state index contributed by atoms with van der Waals surface area (Å²) in [6, 6.07) is 6.87. The lowest BCUT2D eigenvalue weighted by Gasteiger charge is -2.13. The van der Waals surface area contributed by atoms with Crippen molar-refractivity contribution in [1.82, 2.24) is 0 Å². The third-order valence-electron chi connectivity index (χ3n) is 1.99. The van der Waals surface area contributed by atoms with Gasteiger partial charge >= 0.3 is 5.97 Å². The van der Waals surface area contributed by atoms with E-state index in [1.165, 1.54) is 7.11 Å². The van der Waals surface area contributed by atoms with Crippen LogP contribution in [0.1, 0.15) is 17.3 Å².